The van der Waals surface area contributed by atoms with E-state index in [0.717, 1.165) is 44.9 Å². The van der Waals surface area contributed by atoms with E-state index >= 15 is 0 Å². The van der Waals surface area contributed by atoms with Gasteiger partial charge in [0.15, 0.2) is 0 Å². The zero-order valence-electron chi connectivity index (χ0n) is 22.7. The highest BCUT2D eigenvalue weighted by Crippen LogP contribution is 2.77. The summed E-state index contributed by atoms with van der Waals surface area (Å²) in [4.78, 5) is 0. The first-order valence-electron chi connectivity index (χ1n) is 14.2. The molecular weight excluding hydrogens is 440 g/mol. The molecule has 6 aliphatic rings. The average molecular weight is 489 g/mol. The highest BCUT2D eigenvalue weighted by molar-refractivity contribution is 5.37. The van der Waals surface area contributed by atoms with Crippen molar-refractivity contribution in [2.75, 3.05) is 13.2 Å². The van der Waals surface area contributed by atoms with Gasteiger partial charge >= 0.3 is 0 Å². The predicted octanol–water partition coefficient (Wildman–Crippen LogP) is 4.07. The average Bonchev–Trinajstić information content (AvgIpc) is 3.05. The first-order valence-corrected chi connectivity index (χ1v) is 14.2. The van der Waals surface area contributed by atoms with Gasteiger partial charge < -0.3 is 25.2 Å². The van der Waals surface area contributed by atoms with Crippen LogP contribution >= 0.6 is 0 Å². The largest absolute Gasteiger partial charge is 0.396 e. The molecule has 1 saturated heterocycles. The molecule has 35 heavy (non-hydrogen) atoms. The van der Waals surface area contributed by atoms with Crippen molar-refractivity contribution in [1.29, 1.82) is 0 Å². The highest BCUT2D eigenvalue weighted by Gasteiger charge is 2.75. The summed E-state index contributed by atoms with van der Waals surface area (Å²) in [6, 6.07) is 0. The number of hydrogen-bond donors (Lipinski definition) is 4. The van der Waals surface area contributed by atoms with Gasteiger partial charge in [-0.25, -0.2) is 0 Å². The van der Waals surface area contributed by atoms with Gasteiger partial charge in [0.2, 0.25) is 0 Å². The third-order valence-electron chi connectivity index (χ3n) is 13.8. The highest BCUT2D eigenvalue weighted by atomic mass is 16.5. The van der Waals surface area contributed by atoms with Gasteiger partial charge in [-0.1, -0.05) is 53.2 Å². The van der Waals surface area contributed by atoms with E-state index in [9.17, 15) is 20.4 Å². The van der Waals surface area contributed by atoms with Crippen LogP contribution in [0.4, 0.5) is 0 Å². The predicted molar refractivity (Wildman–Crippen MR) is 134 cm³/mol. The molecule has 0 spiro atoms. The molecule has 4 N–H and O–H groups in total. The maximum absolute atomic E-state index is 11.5. The van der Waals surface area contributed by atoms with E-state index < -0.39 is 23.0 Å². The molecule has 4 saturated carbocycles. The lowest BCUT2D eigenvalue weighted by atomic mass is 9.33. The lowest BCUT2D eigenvalue weighted by Crippen LogP contribution is -2.68. The van der Waals surface area contributed by atoms with Crippen LogP contribution in [-0.4, -0.2) is 58.1 Å². The Morgan fingerprint density at radius 2 is 1.63 bits per heavy atom. The minimum atomic E-state index is -0.624. The molecule has 5 nitrogen and oxygen atoms in total. The minimum Gasteiger partial charge on any atom is -0.396 e. The Morgan fingerprint density at radius 3 is 2.29 bits per heavy atom. The fourth-order valence-electron chi connectivity index (χ4n) is 11.5. The Labute approximate surface area is 211 Å². The van der Waals surface area contributed by atoms with Crippen molar-refractivity contribution in [2.45, 2.75) is 111 Å². The Hall–Kier alpha value is -0.460. The van der Waals surface area contributed by atoms with Gasteiger partial charge in [-0.15, -0.1) is 0 Å². The molecule has 0 aromatic heterocycles. The fraction of sp³-hybridized carbons (Fsp3) is 0.933. The molecule has 198 valence electrons. The van der Waals surface area contributed by atoms with Crippen LogP contribution in [0.5, 0.6) is 0 Å². The summed E-state index contributed by atoms with van der Waals surface area (Å²) in [6.07, 6.45) is 7.78. The maximum atomic E-state index is 11.5. The second-order valence-electron chi connectivity index (χ2n) is 15.2. The zero-order chi connectivity index (χ0) is 25.4. The number of fused-ring (bicyclic) bond motifs is 7. The van der Waals surface area contributed by atoms with Gasteiger partial charge in [0.25, 0.3) is 0 Å². The number of rotatable bonds is 2. The Bertz CT molecular complexity index is 945. The van der Waals surface area contributed by atoms with Crippen molar-refractivity contribution in [3.63, 3.8) is 0 Å². The molecule has 5 aliphatic carbocycles. The number of aliphatic hydroxyl groups excluding tert-OH is 4. The van der Waals surface area contributed by atoms with Gasteiger partial charge in [-0.2, -0.15) is 0 Å². The first kappa shape index (κ1) is 24.9. The van der Waals surface area contributed by atoms with Crippen LogP contribution in [0, 0.1) is 50.2 Å². The Balaban J connectivity index is 1.47. The van der Waals surface area contributed by atoms with Gasteiger partial charge in [-0.3, -0.25) is 0 Å². The van der Waals surface area contributed by atoms with Crippen LogP contribution in [0.3, 0.4) is 0 Å². The molecule has 0 radical (unpaired) electrons. The molecule has 0 amide bonds. The summed E-state index contributed by atoms with van der Waals surface area (Å²) < 4.78 is 6.71. The third-order valence-corrected chi connectivity index (χ3v) is 13.8. The molecule has 0 aromatic carbocycles. The summed E-state index contributed by atoms with van der Waals surface area (Å²) in [5.41, 5.74) is 0.390. The number of ether oxygens (including phenoxy) is 1. The fourth-order valence-corrected chi connectivity index (χ4v) is 11.5. The summed E-state index contributed by atoms with van der Waals surface area (Å²) in [6.45, 7) is 14.0. The minimum absolute atomic E-state index is 0.0177. The van der Waals surface area contributed by atoms with Gasteiger partial charge in [-0.05, 0) is 84.4 Å². The van der Waals surface area contributed by atoms with Crippen molar-refractivity contribution < 1.29 is 25.2 Å². The molecule has 1 aliphatic heterocycles. The molecule has 7 unspecified atom stereocenters. The topological polar surface area (TPSA) is 90.2 Å². The second kappa shape index (κ2) is 7.14. The number of hydrogen-bond acceptors (Lipinski definition) is 5. The van der Waals surface area contributed by atoms with Crippen molar-refractivity contribution in [3.8, 4) is 0 Å². The third kappa shape index (κ3) is 2.59. The van der Waals surface area contributed by atoms with Crippen LogP contribution < -0.4 is 0 Å². The quantitative estimate of drug-likeness (QED) is 0.440. The van der Waals surface area contributed by atoms with E-state index in [1.807, 2.05) is 0 Å². The summed E-state index contributed by atoms with van der Waals surface area (Å²) in [5, 5.41) is 43.7. The van der Waals surface area contributed by atoms with Crippen LogP contribution in [-0.2, 0) is 4.74 Å². The van der Waals surface area contributed by atoms with Crippen molar-refractivity contribution in [3.05, 3.63) is 11.6 Å². The summed E-state index contributed by atoms with van der Waals surface area (Å²) in [7, 11) is 0. The van der Waals surface area contributed by atoms with Crippen molar-refractivity contribution >= 4 is 0 Å². The molecule has 0 aromatic rings. The van der Waals surface area contributed by atoms with E-state index in [0.29, 0.717) is 11.8 Å². The molecule has 12 atom stereocenters. The second-order valence-corrected chi connectivity index (χ2v) is 15.2. The number of aliphatic hydroxyl groups is 4. The Morgan fingerprint density at radius 1 is 0.914 bits per heavy atom. The SMILES string of the molecule is CC1(C)CC2C3=CCC4[C@@]5(C)CC[C@H](O)[C@](C)(CO)C5CC[C@@]4(C)C3(C)CC3OC1C(O)[C@]32CO. The van der Waals surface area contributed by atoms with E-state index in [-0.39, 0.29) is 53.0 Å². The molecule has 2 bridgehead atoms. The monoisotopic (exact) mass is 488 g/mol. The summed E-state index contributed by atoms with van der Waals surface area (Å²) >= 11 is 0. The van der Waals surface area contributed by atoms with Crippen LogP contribution in [0.25, 0.3) is 0 Å². The van der Waals surface area contributed by atoms with Gasteiger partial charge in [0.05, 0.1) is 43.0 Å². The molecule has 1 heterocycles. The van der Waals surface area contributed by atoms with Crippen LogP contribution in [0.2, 0.25) is 0 Å². The van der Waals surface area contributed by atoms with Crippen molar-refractivity contribution in [2.24, 2.45) is 50.2 Å². The zero-order valence-corrected chi connectivity index (χ0v) is 22.7. The van der Waals surface area contributed by atoms with E-state index in [1.54, 1.807) is 0 Å². The lowest BCUT2D eigenvalue weighted by molar-refractivity contribution is -0.221. The van der Waals surface area contributed by atoms with E-state index in [4.69, 9.17) is 4.74 Å². The lowest BCUT2D eigenvalue weighted by Gasteiger charge is -2.71. The molecule has 5 fully saturated rings. The molecule has 5 heteroatoms. The first-order chi connectivity index (χ1) is 16.3. The van der Waals surface area contributed by atoms with E-state index in [1.165, 1.54) is 5.57 Å². The van der Waals surface area contributed by atoms with Crippen molar-refractivity contribution in [1.82, 2.24) is 0 Å². The normalized spacial score (nSPS) is 60.3. The smallest absolute Gasteiger partial charge is 0.0916 e. The summed E-state index contributed by atoms with van der Waals surface area (Å²) in [5.74, 6) is 0.915. The maximum Gasteiger partial charge on any atom is 0.0916 e. The van der Waals surface area contributed by atoms with Crippen LogP contribution in [0.1, 0.15) is 86.5 Å². The van der Waals surface area contributed by atoms with Gasteiger partial charge in [0, 0.05) is 5.41 Å². The molecular formula is C30H48O5. The Kier molecular flexibility index (Phi) is 5.07. The van der Waals surface area contributed by atoms with E-state index in [2.05, 4.69) is 47.6 Å². The van der Waals surface area contributed by atoms with Gasteiger partial charge in [0.1, 0.15) is 0 Å². The number of allylic oxidation sites excluding steroid dienone is 2. The molecule has 6 rings (SSSR count). The van der Waals surface area contributed by atoms with Crippen LogP contribution in [0.15, 0.2) is 11.6 Å². The standard InChI is InChI=1S/C30H48O5/c1-25(2)13-18-17-7-8-20-26(3)11-10-21(33)27(4,15-31)19(26)9-12-28(20,5)29(17,6)14-22-30(18,16-32)23(34)24(25)35-22/h7,18-24,31-34H,8-16H2,1-6H3/t18?,19?,20?,21-,22?,23?,24?,26-,27+,28+,29?,30-/m0/s1.